The standard InChI is InChI=1S/C20H18ClNO4/c1-11(2)25-13-7-8-14-15(10-19(23)26-18(14)9-13)20(24)22-17-6-4-5-16(21)12(17)3/h4-11H,1-3H3,(H,22,24). The molecule has 1 heterocycles. The number of hydrogen-bond acceptors (Lipinski definition) is 4. The van der Waals surface area contributed by atoms with Gasteiger partial charge in [0.15, 0.2) is 0 Å². The molecule has 0 atom stereocenters. The maximum absolute atomic E-state index is 12.7. The van der Waals surface area contributed by atoms with Crippen LogP contribution in [0.25, 0.3) is 11.0 Å². The number of halogens is 1. The first kappa shape index (κ1) is 18.0. The SMILES string of the molecule is Cc1c(Cl)cccc1NC(=O)c1cc(=O)oc2cc(OC(C)C)ccc12. The largest absolute Gasteiger partial charge is 0.491 e. The highest BCUT2D eigenvalue weighted by Crippen LogP contribution is 2.26. The van der Waals surface area contributed by atoms with Gasteiger partial charge in [-0.15, -0.1) is 0 Å². The van der Waals surface area contributed by atoms with Crippen LogP contribution in [0.3, 0.4) is 0 Å². The third-order valence-electron chi connectivity index (χ3n) is 3.85. The Balaban J connectivity index is 2.02. The van der Waals surface area contributed by atoms with Gasteiger partial charge in [0.05, 0.1) is 11.7 Å². The monoisotopic (exact) mass is 371 g/mol. The molecule has 0 aliphatic carbocycles. The maximum Gasteiger partial charge on any atom is 0.337 e. The van der Waals surface area contributed by atoms with Crippen molar-refractivity contribution in [2.75, 3.05) is 5.32 Å². The number of carbonyl (C=O) groups is 1. The van der Waals surface area contributed by atoms with E-state index in [0.717, 1.165) is 5.56 Å². The van der Waals surface area contributed by atoms with Gasteiger partial charge in [-0.2, -0.15) is 0 Å². The summed E-state index contributed by atoms with van der Waals surface area (Å²) in [6, 6.07) is 11.5. The zero-order chi connectivity index (χ0) is 18.8. The van der Waals surface area contributed by atoms with Crippen LogP contribution >= 0.6 is 11.6 Å². The topological polar surface area (TPSA) is 68.5 Å². The molecule has 0 bridgehead atoms. The molecular formula is C20H18ClNO4. The first-order valence-corrected chi connectivity index (χ1v) is 8.54. The number of benzene rings is 2. The molecule has 26 heavy (non-hydrogen) atoms. The summed E-state index contributed by atoms with van der Waals surface area (Å²) in [6.07, 6.45) is -0.0172. The van der Waals surface area contributed by atoms with Gasteiger partial charge in [-0.1, -0.05) is 17.7 Å². The Morgan fingerprint density at radius 3 is 2.69 bits per heavy atom. The number of ether oxygens (including phenoxy) is 1. The number of nitrogens with one attached hydrogen (secondary N) is 1. The Morgan fingerprint density at radius 2 is 1.96 bits per heavy atom. The molecule has 3 rings (SSSR count). The van der Waals surface area contributed by atoms with E-state index in [2.05, 4.69) is 5.32 Å². The second-order valence-corrected chi connectivity index (χ2v) is 6.58. The summed E-state index contributed by atoms with van der Waals surface area (Å²) in [5.41, 5.74) is 1.26. The van der Waals surface area contributed by atoms with Gasteiger partial charge in [0.25, 0.3) is 5.91 Å². The smallest absolute Gasteiger partial charge is 0.337 e. The van der Waals surface area contributed by atoms with Gasteiger partial charge in [-0.3, -0.25) is 4.79 Å². The minimum Gasteiger partial charge on any atom is -0.491 e. The van der Waals surface area contributed by atoms with Gasteiger partial charge in [0.2, 0.25) is 0 Å². The minimum atomic E-state index is -0.604. The normalized spacial score (nSPS) is 11.0. The van der Waals surface area contributed by atoms with Crippen molar-refractivity contribution >= 4 is 34.2 Å². The second kappa shape index (κ2) is 7.22. The van der Waals surface area contributed by atoms with Crippen LogP contribution in [0.15, 0.2) is 51.7 Å². The summed E-state index contributed by atoms with van der Waals surface area (Å²) >= 11 is 6.09. The van der Waals surface area contributed by atoms with Gasteiger partial charge in [-0.05, 0) is 50.6 Å². The lowest BCUT2D eigenvalue weighted by Crippen LogP contribution is -2.16. The lowest BCUT2D eigenvalue weighted by molar-refractivity contribution is 0.102. The van der Waals surface area contributed by atoms with E-state index in [4.69, 9.17) is 20.8 Å². The Labute approximate surface area is 155 Å². The van der Waals surface area contributed by atoms with E-state index in [9.17, 15) is 9.59 Å². The lowest BCUT2D eigenvalue weighted by Gasteiger charge is -2.12. The predicted molar refractivity (Wildman–Crippen MR) is 102 cm³/mol. The molecule has 1 amide bonds. The van der Waals surface area contributed by atoms with E-state index in [0.29, 0.717) is 27.4 Å². The number of amides is 1. The van der Waals surface area contributed by atoms with Gasteiger partial charge in [0, 0.05) is 28.2 Å². The third kappa shape index (κ3) is 3.73. The second-order valence-electron chi connectivity index (χ2n) is 6.17. The first-order chi connectivity index (χ1) is 12.3. The fourth-order valence-electron chi connectivity index (χ4n) is 2.61. The van der Waals surface area contributed by atoms with Crippen LogP contribution in [0.2, 0.25) is 5.02 Å². The van der Waals surface area contributed by atoms with Crippen LogP contribution in [0.5, 0.6) is 5.75 Å². The molecule has 0 aliphatic heterocycles. The zero-order valence-electron chi connectivity index (χ0n) is 14.6. The Morgan fingerprint density at radius 1 is 1.19 bits per heavy atom. The number of rotatable bonds is 4. The number of fused-ring (bicyclic) bond motifs is 1. The van der Waals surface area contributed by atoms with Crippen molar-refractivity contribution in [3.63, 3.8) is 0 Å². The van der Waals surface area contributed by atoms with Crippen LogP contribution in [0.4, 0.5) is 5.69 Å². The van der Waals surface area contributed by atoms with Crippen molar-refractivity contribution in [3.05, 3.63) is 69.0 Å². The number of anilines is 1. The summed E-state index contributed by atoms with van der Waals surface area (Å²) in [5.74, 6) is 0.157. The highest BCUT2D eigenvalue weighted by atomic mass is 35.5. The van der Waals surface area contributed by atoms with Crippen molar-refractivity contribution in [1.82, 2.24) is 0 Å². The first-order valence-electron chi connectivity index (χ1n) is 8.16. The summed E-state index contributed by atoms with van der Waals surface area (Å²) < 4.78 is 10.8. The van der Waals surface area contributed by atoms with Crippen LogP contribution in [-0.2, 0) is 0 Å². The molecule has 134 valence electrons. The van der Waals surface area contributed by atoms with E-state index in [-0.39, 0.29) is 11.7 Å². The van der Waals surface area contributed by atoms with E-state index in [1.807, 2.05) is 20.8 Å². The highest BCUT2D eigenvalue weighted by Gasteiger charge is 2.15. The summed E-state index contributed by atoms with van der Waals surface area (Å²) in [7, 11) is 0. The van der Waals surface area contributed by atoms with Gasteiger partial charge in [-0.25, -0.2) is 4.79 Å². The fraction of sp³-hybridized carbons (Fsp3) is 0.200. The van der Waals surface area contributed by atoms with Crippen molar-refractivity contribution in [2.45, 2.75) is 26.9 Å². The van der Waals surface area contributed by atoms with Crippen molar-refractivity contribution in [2.24, 2.45) is 0 Å². The maximum atomic E-state index is 12.7. The van der Waals surface area contributed by atoms with E-state index in [1.54, 1.807) is 36.4 Å². The number of hydrogen-bond donors (Lipinski definition) is 1. The average molecular weight is 372 g/mol. The fourth-order valence-corrected chi connectivity index (χ4v) is 2.78. The van der Waals surface area contributed by atoms with Crippen LogP contribution in [0, 0.1) is 6.92 Å². The van der Waals surface area contributed by atoms with Gasteiger partial charge < -0.3 is 14.5 Å². The van der Waals surface area contributed by atoms with Crippen molar-refractivity contribution in [1.29, 1.82) is 0 Å². The minimum absolute atomic E-state index is 0.0172. The summed E-state index contributed by atoms with van der Waals surface area (Å²) in [5, 5.41) is 3.88. The van der Waals surface area contributed by atoms with Crippen LogP contribution in [0.1, 0.15) is 29.8 Å². The van der Waals surface area contributed by atoms with Crippen LogP contribution in [-0.4, -0.2) is 12.0 Å². The molecule has 0 unspecified atom stereocenters. The lowest BCUT2D eigenvalue weighted by atomic mass is 10.1. The molecule has 0 fully saturated rings. The highest BCUT2D eigenvalue weighted by molar-refractivity contribution is 6.31. The van der Waals surface area contributed by atoms with Gasteiger partial charge in [0.1, 0.15) is 11.3 Å². The zero-order valence-corrected chi connectivity index (χ0v) is 15.4. The van der Waals surface area contributed by atoms with E-state index < -0.39 is 11.5 Å². The Kier molecular flexibility index (Phi) is 5.00. The molecule has 0 saturated carbocycles. The Hall–Kier alpha value is -2.79. The quantitative estimate of drug-likeness (QED) is 0.669. The third-order valence-corrected chi connectivity index (χ3v) is 4.26. The van der Waals surface area contributed by atoms with Crippen molar-refractivity contribution < 1.29 is 13.9 Å². The van der Waals surface area contributed by atoms with Gasteiger partial charge >= 0.3 is 5.63 Å². The summed E-state index contributed by atoms with van der Waals surface area (Å²) in [6.45, 7) is 5.61. The predicted octanol–water partition coefficient (Wildman–Crippen LogP) is 4.79. The molecule has 5 nitrogen and oxygen atoms in total. The molecule has 0 radical (unpaired) electrons. The average Bonchev–Trinajstić information content (AvgIpc) is 2.57. The molecule has 6 heteroatoms. The molecule has 0 saturated heterocycles. The molecular weight excluding hydrogens is 354 g/mol. The molecule has 1 aromatic heterocycles. The Bertz CT molecular complexity index is 1040. The van der Waals surface area contributed by atoms with E-state index in [1.165, 1.54) is 6.07 Å². The van der Waals surface area contributed by atoms with E-state index >= 15 is 0 Å². The molecule has 0 aliphatic rings. The molecule has 2 aromatic carbocycles. The van der Waals surface area contributed by atoms with Crippen LogP contribution < -0.4 is 15.7 Å². The molecule has 3 aromatic rings. The van der Waals surface area contributed by atoms with Crippen molar-refractivity contribution in [3.8, 4) is 5.75 Å². The molecule has 0 spiro atoms. The summed E-state index contributed by atoms with van der Waals surface area (Å²) in [4.78, 5) is 24.6. The number of carbonyl (C=O) groups excluding carboxylic acids is 1. The molecule has 1 N–H and O–H groups in total.